The molecule has 0 aliphatic carbocycles. The highest BCUT2D eigenvalue weighted by Gasteiger charge is 2.20. The number of benzene rings is 1. The molecule has 0 spiro atoms. The van der Waals surface area contributed by atoms with Gasteiger partial charge in [0.25, 0.3) is 5.91 Å². The van der Waals surface area contributed by atoms with Gasteiger partial charge in [-0.15, -0.1) is 0 Å². The Morgan fingerprint density at radius 1 is 1.36 bits per heavy atom. The second kappa shape index (κ2) is 7.06. The highest BCUT2D eigenvalue weighted by Crippen LogP contribution is 2.37. The van der Waals surface area contributed by atoms with Gasteiger partial charge >= 0.3 is 0 Å². The van der Waals surface area contributed by atoms with E-state index in [1.54, 1.807) is 42.9 Å². The Bertz CT molecular complexity index is 1080. The number of carbonyl (C=O) groups is 2. The molecule has 4 rings (SSSR count). The van der Waals surface area contributed by atoms with E-state index in [9.17, 15) is 9.59 Å². The molecule has 3 aromatic rings. The summed E-state index contributed by atoms with van der Waals surface area (Å²) in [7, 11) is 1.77. The number of nitrogens with one attached hydrogen (secondary N) is 4. The fourth-order valence-electron chi connectivity index (χ4n) is 2.88. The number of para-hydroxylation sites is 1. The summed E-state index contributed by atoms with van der Waals surface area (Å²) >= 11 is 0. The lowest BCUT2D eigenvalue weighted by molar-refractivity contribution is -0.118. The van der Waals surface area contributed by atoms with Gasteiger partial charge in [-0.05, 0) is 12.1 Å². The first kappa shape index (κ1) is 17.6. The third kappa shape index (κ3) is 3.15. The summed E-state index contributed by atoms with van der Waals surface area (Å²) in [6.07, 6.45) is 1.91. The van der Waals surface area contributed by atoms with Gasteiger partial charge in [0.05, 0.1) is 17.6 Å². The highest BCUT2D eigenvalue weighted by molar-refractivity contribution is 5.97. The van der Waals surface area contributed by atoms with Crippen molar-refractivity contribution in [1.29, 1.82) is 0 Å². The zero-order chi connectivity index (χ0) is 19.7. The maximum absolute atomic E-state index is 11.8. The molecule has 1 aliphatic rings. The number of aromatic nitrogens is 3. The maximum atomic E-state index is 11.8. The SMILES string of the molecule is CCC(=O)Nc1cnn2c(NC)cc(Nc3cccc4c3OCC(=O)N4)nc12. The average molecular weight is 381 g/mol. The minimum absolute atomic E-state index is 0.0459. The van der Waals surface area contributed by atoms with Crippen LogP contribution in [0.15, 0.2) is 30.5 Å². The van der Waals surface area contributed by atoms with Gasteiger partial charge in [0.15, 0.2) is 18.0 Å². The number of nitrogens with zero attached hydrogens (tertiary/aromatic N) is 3. The average Bonchev–Trinajstić information content (AvgIpc) is 3.10. The van der Waals surface area contributed by atoms with E-state index in [2.05, 4.69) is 31.3 Å². The monoisotopic (exact) mass is 381 g/mol. The number of amides is 2. The van der Waals surface area contributed by atoms with Crippen molar-refractivity contribution in [3.05, 3.63) is 30.5 Å². The minimum Gasteiger partial charge on any atom is -0.479 e. The first-order valence-electron chi connectivity index (χ1n) is 8.78. The Morgan fingerprint density at radius 2 is 2.21 bits per heavy atom. The van der Waals surface area contributed by atoms with Crippen molar-refractivity contribution in [1.82, 2.24) is 14.6 Å². The fourth-order valence-corrected chi connectivity index (χ4v) is 2.88. The lowest BCUT2D eigenvalue weighted by Gasteiger charge is -2.21. The standard InChI is InChI=1S/C18H19N7O3/c1-3-15(26)23-12-8-20-25-14(19-2)7-13(24-18(12)25)21-10-5-4-6-11-17(10)28-9-16(27)22-11/h4-8,19H,3,9H2,1-2H3,(H,21,24)(H,22,27)(H,23,26). The predicted octanol–water partition coefficient (Wildman–Crippen LogP) is 2.19. The predicted molar refractivity (Wildman–Crippen MR) is 105 cm³/mol. The summed E-state index contributed by atoms with van der Waals surface area (Å²) in [5.41, 5.74) is 2.27. The van der Waals surface area contributed by atoms with Crippen LogP contribution in [0.4, 0.5) is 28.7 Å². The van der Waals surface area contributed by atoms with Crippen LogP contribution in [0.5, 0.6) is 5.75 Å². The molecule has 2 aromatic heterocycles. The molecule has 28 heavy (non-hydrogen) atoms. The molecular formula is C18H19N7O3. The van der Waals surface area contributed by atoms with Crippen LogP contribution in [0.2, 0.25) is 0 Å². The van der Waals surface area contributed by atoms with Crippen molar-refractivity contribution < 1.29 is 14.3 Å². The summed E-state index contributed by atoms with van der Waals surface area (Å²) in [6.45, 7) is 1.73. The second-order valence-electron chi connectivity index (χ2n) is 6.12. The molecule has 0 atom stereocenters. The topological polar surface area (TPSA) is 122 Å². The summed E-state index contributed by atoms with van der Waals surface area (Å²) in [6, 6.07) is 7.19. The third-order valence-electron chi connectivity index (χ3n) is 4.22. The summed E-state index contributed by atoms with van der Waals surface area (Å²) in [4.78, 5) is 27.9. The summed E-state index contributed by atoms with van der Waals surface area (Å²) in [5, 5.41) is 16.1. The van der Waals surface area contributed by atoms with Crippen LogP contribution in [-0.4, -0.2) is 40.1 Å². The number of ether oxygens (including phenoxy) is 1. The number of hydrogen-bond donors (Lipinski definition) is 4. The molecule has 0 bridgehead atoms. The van der Waals surface area contributed by atoms with Gasteiger partial charge in [-0.1, -0.05) is 13.0 Å². The lowest BCUT2D eigenvalue weighted by Crippen LogP contribution is -2.25. The van der Waals surface area contributed by atoms with Crippen molar-refractivity contribution in [2.24, 2.45) is 0 Å². The number of rotatable bonds is 5. The number of carbonyl (C=O) groups excluding carboxylic acids is 2. The van der Waals surface area contributed by atoms with Gasteiger partial charge < -0.3 is 26.0 Å². The first-order chi connectivity index (χ1) is 13.6. The second-order valence-corrected chi connectivity index (χ2v) is 6.12. The number of hydrogen-bond acceptors (Lipinski definition) is 7. The van der Waals surface area contributed by atoms with E-state index in [0.717, 1.165) is 0 Å². The van der Waals surface area contributed by atoms with Gasteiger partial charge in [-0.3, -0.25) is 9.59 Å². The molecule has 0 fully saturated rings. The molecule has 2 amide bonds. The smallest absolute Gasteiger partial charge is 0.262 e. The molecule has 144 valence electrons. The quantitative estimate of drug-likeness (QED) is 0.534. The van der Waals surface area contributed by atoms with Gasteiger partial charge in [0.2, 0.25) is 5.91 Å². The van der Waals surface area contributed by atoms with Crippen LogP contribution >= 0.6 is 0 Å². The molecule has 10 heteroatoms. The van der Waals surface area contributed by atoms with E-state index < -0.39 is 0 Å². The zero-order valence-electron chi connectivity index (χ0n) is 15.4. The van der Waals surface area contributed by atoms with Gasteiger partial charge in [0, 0.05) is 19.5 Å². The van der Waals surface area contributed by atoms with E-state index in [4.69, 9.17) is 4.74 Å². The third-order valence-corrected chi connectivity index (χ3v) is 4.22. The zero-order valence-corrected chi connectivity index (χ0v) is 15.4. The molecule has 0 saturated heterocycles. The Morgan fingerprint density at radius 3 is 3.00 bits per heavy atom. The Balaban J connectivity index is 1.73. The Kier molecular flexibility index (Phi) is 4.44. The molecule has 0 saturated carbocycles. The maximum Gasteiger partial charge on any atom is 0.262 e. The number of fused-ring (bicyclic) bond motifs is 2. The van der Waals surface area contributed by atoms with Crippen LogP contribution in [0.1, 0.15) is 13.3 Å². The molecule has 10 nitrogen and oxygen atoms in total. The summed E-state index contributed by atoms with van der Waals surface area (Å²) < 4.78 is 7.17. The first-order valence-corrected chi connectivity index (χ1v) is 8.78. The number of anilines is 5. The normalized spacial score (nSPS) is 12.7. The van der Waals surface area contributed by atoms with Gasteiger partial charge in [-0.2, -0.15) is 9.61 Å². The van der Waals surface area contributed by atoms with Crippen LogP contribution in [-0.2, 0) is 9.59 Å². The molecule has 4 N–H and O–H groups in total. The van der Waals surface area contributed by atoms with Gasteiger partial charge in [-0.25, -0.2) is 4.98 Å². The molecule has 3 heterocycles. The molecule has 0 unspecified atom stereocenters. The van der Waals surface area contributed by atoms with Crippen LogP contribution in [0, 0.1) is 0 Å². The van der Waals surface area contributed by atoms with Gasteiger partial charge in [0.1, 0.15) is 17.3 Å². The van der Waals surface area contributed by atoms with Crippen molar-refractivity contribution in [3.8, 4) is 5.75 Å². The van der Waals surface area contributed by atoms with E-state index in [1.807, 2.05) is 6.07 Å². The molecule has 1 aliphatic heterocycles. The van der Waals surface area contributed by atoms with Crippen molar-refractivity contribution in [3.63, 3.8) is 0 Å². The summed E-state index contributed by atoms with van der Waals surface area (Å²) in [5.74, 6) is 1.43. The van der Waals surface area contributed by atoms with E-state index in [1.165, 1.54) is 0 Å². The van der Waals surface area contributed by atoms with E-state index in [-0.39, 0.29) is 18.4 Å². The molecular weight excluding hydrogens is 362 g/mol. The van der Waals surface area contributed by atoms with E-state index in [0.29, 0.717) is 46.5 Å². The van der Waals surface area contributed by atoms with Crippen LogP contribution in [0.3, 0.4) is 0 Å². The van der Waals surface area contributed by atoms with Crippen LogP contribution < -0.4 is 26.0 Å². The Hall–Kier alpha value is -3.82. The molecule has 0 radical (unpaired) electrons. The largest absolute Gasteiger partial charge is 0.479 e. The molecule has 1 aromatic carbocycles. The van der Waals surface area contributed by atoms with Crippen molar-refractivity contribution >= 4 is 46.2 Å². The fraction of sp³-hybridized carbons (Fsp3) is 0.222. The van der Waals surface area contributed by atoms with E-state index >= 15 is 0 Å². The van der Waals surface area contributed by atoms with Crippen LogP contribution in [0.25, 0.3) is 5.65 Å². The lowest BCUT2D eigenvalue weighted by atomic mass is 10.2. The minimum atomic E-state index is -0.197. The highest BCUT2D eigenvalue weighted by atomic mass is 16.5. The Labute approximate surface area is 160 Å². The van der Waals surface area contributed by atoms with Crippen molar-refractivity contribution in [2.75, 3.05) is 34.9 Å². The van der Waals surface area contributed by atoms with Crippen molar-refractivity contribution in [2.45, 2.75) is 13.3 Å².